The Morgan fingerprint density at radius 3 is 2.80 bits per heavy atom. The fraction of sp³-hybridized carbons (Fsp3) is 0.429. The molecule has 5 nitrogen and oxygen atoms in total. The fourth-order valence-electron chi connectivity index (χ4n) is 1.74. The topological polar surface area (TPSA) is 74.2 Å². The maximum Gasteiger partial charge on any atom is 0.227 e. The van der Waals surface area contributed by atoms with Crippen LogP contribution < -0.4 is 10.5 Å². The van der Waals surface area contributed by atoms with Gasteiger partial charge in [-0.3, -0.25) is 0 Å². The van der Waals surface area contributed by atoms with Crippen molar-refractivity contribution >= 4 is 11.6 Å². The standard InChI is InChI=1S/C14H18ClN3O2/c1-14(2,16)7-6-12-17-13(18-20-12)10-5-4-9(15)8-11(10)19-3/h4-5,8H,6-7,16H2,1-3H3. The summed E-state index contributed by atoms with van der Waals surface area (Å²) in [6.07, 6.45) is 1.42. The zero-order valence-electron chi connectivity index (χ0n) is 11.8. The van der Waals surface area contributed by atoms with E-state index in [9.17, 15) is 0 Å². The summed E-state index contributed by atoms with van der Waals surface area (Å²) >= 11 is 5.93. The number of halogens is 1. The molecule has 1 aromatic carbocycles. The second-order valence-corrected chi connectivity index (χ2v) is 5.78. The lowest BCUT2D eigenvalue weighted by Crippen LogP contribution is -2.32. The van der Waals surface area contributed by atoms with Crippen LogP contribution in [0.4, 0.5) is 0 Å². The molecular weight excluding hydrogens is 278 g/mol. The summed E-state index contributed by atoms with van der Waals surface area (Å²) in [5.41, 5.74) is 6.43. The number of hydrogen-bond acceptors (Lipinski definition) is 5. The minimum Gasteiger partial charge on any atom is -0.496 e. The molecular formula is C14H18ClN3O2. The molecule has 0 saturated heterocycles. The molecule has 2 rings (SSSR count). The molecule has 0 fully saturated rings. The predicted octanol–water partition coefficient (Wildman–Crippen LogP) is 3.07. The Morgan fingerprint density at radius 2 is 2.15 bits per heavy atom. The van der Waals surface area contributed by atoms with Gasteiger partial charge in [-0.2, -0.15) is 4.98 Å². The first kappa shape index (κ1) is 14.8. The van der Waals surface area contributed by atoms with Gasteiger partial charge in [-0.05, 0) is 38.5 Å². The third-order valence-corrected chi connectivity index (χ3v) is 3.09. The minimum absolute atomic E-state index is 0.257. The number of hydrogen-bond donors (Lipinski definition) is 1. The van der Waals surface area contributed by atoms with E-state index in [1.165, 1.54) is 0 Å². The molecule has 0 atom stereocenters. The van der Waals surface area contributed by atoms with Crippen LogP contribution in [0.3, 0.4) is 0 Å². The van der Waals surface area contributed by atoms with Crippen LogP contribution in [0.1, 0.15) is 26.2 Å². The van der Waals surface area contributed by atoms with Crippen molar-refractivity contribution in [1.82, 2.24) is 10.1 Å². The molecule has 0 aliphatic heterocycles. The van der Waals surface area contributed by atoms with E-state index in [2.05, 4.69) is 10.1 Å². The van der Waals surface area contributed by atoms with Gasteiger partial charge in [-0.1, -0.05) is 16.8 Å². The number of ether oxygens (including phenoxy) is 1. The van der Waals surface area contributed by atoms with Crippen LogP contribution in [0, 0.1) is 0 Å². The largest absolute Gasteiger partial charge is 0.496 e. The average molecular weight is 296 g/mol. The first-order valence-corrected chi connectivity index (χ1v) is 6.72. The van der Waals surface area contributed by atoms with Crippen molar-refractivity contribution in [2.24, 2.45) is 5.73 Å². The molecule has 6 heteroatoms. The molecule has 2 N–H and O–H groups in total. The van der Waals surface area contributed by atoms with Crippen LogP contribution in [0.25, 0.3) is 11.4 Å². The smallest absolute Gasteiger partial charge is 0.227 e. The Kier molecular flexibility index (Phi) is 4.30. The Labute approximate surface area is 123 Å². The number of aromatic nitrogens is 2. The van der Waals surface area contributed by atoms with Crippen molar-refractivity contribution in [1.29, 1.82) is 0 Å². The molecule has 0 unspecified atom stereocenters. The maximum absolute atomic E-state index is 5.94. The van der Waals surface area contributed by atoms with Crippen molar-refractivity contribution in [3.8, 4) is 17.1 Å². The molecule has 1 aromatic heterocycles. The Balaban J connectivity index is 2.20. The number of methoxy groups -OCH3 is 1. The first-order valence-electron chi connectivity index (χ1n) is 6.34. The molecule has 0 radical (unpaired) electrons. The SMILES string of the molecule is COc1cc(Cl)ccc1-c1noc(CCC(C)(C)N)n1. The van der Waals surface area contributed by atoms with E-state index in [0.717, 1.165) is 12.0 Å². The van der Waals surface area contributed by atoms with E-state index in [1.807, 2.05) is 19.9 Å². The normalized spacial score (nSPS) is 11.7. The van der Waals surface area contributed by atoms with Gasteiger partial charge < -0.3 is 15.0 Å². The third-order valence-electron chi connectivity index (χ3n) is 2.86. The van der Waals surface area contributed by atoms with E-state index in [1.54, 1.807) is 19.2 Å². The van der Waals surface area contributed by atoms with Gasteiger partial charge in [-0.25, -0.2) is 0 Å². The van der Waals surface area contributed by atoms with Gasteiger partial charge in [0.1, 0.15) is 5.75 Å². The summed E-state index contributed by atoms with van der Waals surface area (Å²) in [6.45, 7) is 3.93. The highest BCUT2D eigenvalue weighted by Gasteiger charge is 2.16. The van der Waals surface area contributed by atoms with E-state index in [-0.39, 0.29) is 5.54 Å². The van der Waals surface area contributed by atoms with Gasteiger partial charge in [0.05, 0.1) is 12.7 Å². The average Bonchev–Trinajstić information content (AvgIpc) is 2.84. The third kappa shape index (κ3) is 3.71. The van der Waals surface area contributed by atoms with Crippen LogP contribution in [0.5, 0.6) is 5.75 Å². The van der Waals surface area contributed by atoms with Gasteiger partial charge in [0.25, 0.3) is 0 Å². The molecule has 0 bridgehead atoms. The van der Waals surface area contributed by atoms with E-state index >= 15 is 0 Å². The van der Waals surface area contributed by atoms with Crippen LogP contribution in [-0.2, 0) is 6.42 Å². The van der Waals surface area contributed by atoms with E-state index in [0.29, 0.717) is 28.9 Å². The highest BCUT2D eigenvalue weighted by atomic mass is 35.5. The number of nitrogens with two attached hydrogens (primary N) is 1. The zero-order chi connectivity index (χ0) is 14.8. The summed E-state index contributed by atoms with van der Waals surface area (Å²) < 4.78 is 10.5. The molecule has 0 amide bonds. The quantitative estimate of drug-likeness (QED) is 0.917. The summed E-state index contributed by atoms with van der Waals surface area (Å²) in [5, 5.41) is 4.57. The van der Waals surface area contributed by atoms with Gasteiger partial charge in [0.2, 0.25) is 11.7 Å². The van der Waals surface area contributed by atoms with E-state index in [4.69, 9.17) is 26.6 Å². The Morgan fingerprint density at radius 1 is 1.40 bits per heavy atom. The summed E-state index contributed by atoms with van der Waals surface area (Å²) in [5.74, 6) is 1.67. The number of aryl methyl sites for hydroxylation is 1. The lowest BCUT2D eigenvalue weighted by Gasteiger charge is -2.16. The molecule has 0 spiro atoms. The van der Waals surface area contributed by atoms with Crippen molar-refractivity contribution in [2.75, 3.05) is 7.11 Å². The predicted molar refractivity (Wildman–Crippen MR) is 77.9 cm³/mol. The van der Waals surface area contributed by atoms with E-state index < -0.39 is 0 Å². The summed E-state index contributed by atoms with van der Waals surface area (Å²) in [4.78, 5) is 4.37. The monoisotopic (exact) mass is 295 g/mol. The van der Waals surface area contributed by atoms with Crippen molar-refractivity contribution in [3.63, 3.8) is 0 Å². The number of rotatable bonds is 5. The van der Waals surface area contributed by atoms with Crippen molar-refractivity contribution in [2.45, 2.75) is 32.2 Å². The van der Waals surface area contributed by atoms with Crippen LogP contribution in [-0.4, -0.2) is 22.8 Å². The maximum atomic E-state index is 5.94. The lowest BCUT2D eigenvalue weighted by molar-refractivity contribution is 0.358. The molecule has 0 aliphatic carbocycles. The molecule has 0 aliphatic rings. The lowest BCUT2D eigenvalue weighted by atomic mass is 10.0. The zero-order valence-corrected chi connectivity index (χ0v) is 12.6. The van der Waals surface area contributed by atoms with Crippen molar-refractivity contribution < 1.29 is 9.26 Å². The Bertz CT molecular complexity index is 590. The number of benzene rings is 1. The second-order valence-electron chi connectivity index (χ2n) is 5.34. The summed E-state index contributed by atoms with van der Waals surface area (Å²) in [6, 6.07) is 5.29. The Hall–Kier alpha value is -1.59. The molecule has 1 heterocycles. The highest BCUT2D eigenvalue weighted by molar-refractivity contribution is 6.30. The highest BCUT2D eigenvalue weighted by Crippen LogP contribution is 2.30. The molecule has 20 heavy (non-hydrogen) atoms. The first-order chi connectivity index (χ1) is 9.39. The van der Waals surface area contributed by atoms with Gasteiger partial charge >= 0.3 is 0 Å². The molecule has 0 saturated carbocycles. The minimum atomic E-state index is -0.257. The van der Waals surface area contributed by atoms with Gasteiger partial charge in [0, 0.05) is 17.0 Å². The van der Waals surface area contributed by atoms with Gasteiger partial charge in [-0.15, -0.1) is 0 Å². The second kappa shape index (κ2) is 5.81. The van der Waals surface area contributed by atoms with Crippen LogP contribution >= 0.6 is 11.6 Å². The van der Waals surface area contributed by atoms with Crippen LogP contribution in [0.15, 0.2) is 22.7 Å². The molecule has 108 valence electrons. The number of nitrogens with zero attached hydrogens (tertiary/aromatic N) is 2. The fourth-order valence-corrected chi connectivity index (χ4v) is 1.91. The summed E-state index contributed by atoms with van der Waals surface area (Å²) in [7, 11) is 1.58. The van der Waals surface area contributed by atoms with Crippen molar-refractivity contribution in [3.05, 3.63) is 29.1 Å². The van der Waals surface area contributed by atoms with Gasteiger partial charge in [0.15, 0.2) is 0 Å². The molecule has 2 aromatic rings. The van der Waals surface area contributed by atoms with Crippen LogP contribution in [0.2, 0.25) is 5.02 Å².